The number of aliphatic hydroxyl groups excluding tert-OH is 3. The monoisotopic (exact) mass is 1330 g/mol. The van der Waals surface area contributed by atoms with Gasteiger partial charge in [-0.1, -0.05) is 11.6 Å². The number of benzene rings is 5. The molecule has 0 aliphatic carbocycles. The summed E-state index contributed by atoms with van der Waals surface area (Å²) in [6.45, 7) is 7.29. The number of anilines is 5. The standard InChI is InChI=1S/C26H27N7O2.C14H13ClN4O.C12H15N3O3.C9H3Cl2N3.C5H11NO/c1-16-9-20(11-23(35-3)17(16)2)32-13-24(28-15-32)30-26-29-22-10-18(12-27)6-7-21(22)25(31-26)33-8-4-5-19(33)14-34;15-14-17-12-6-9(7-16)3-4-11(12)13(18-14)19-5-1-2-10(19)8-20;1-16-9-4-8(15-6-11(13)14-7-15)5-10(17-2)12(9)18-3;10-8-6-2-1-5(4-12)3-7(6)13-9(11)14-8;7-4-5-2-1-3-6-5/h6-7,9-11,13,15,19,34H,4-5,8,14H2,1-3H3,(H,29,30,31);3-4,6,10,20H,1-2,5,8H2;4-7H,13H2,1-3H3;1-3H;5-7H,1-4H2/t19-;10-;;;5-/m00..0/s1. The van der Waals surface area contributed by atoms with Gasteiger partial charge in [0.15, 0.2) is 17.3 Å². The molecule has 3 aliphatic rings. The first-order chi connectivity index (χ1) is 45.5. The summed E-state index contributed by atoms with van der Waals surface area (Å²) in [6.07, 6.45) is 13.2. The van der Waals surface area contributed by atoms with Crippen molar-refractivity contribution in [3.63, 3.8) is 0 Å². The van der Waals surface area contributed by atoms with E-state index in [-0.39, 0.29) is 35.9 Å². The van der Waals surface area contributed by atoms with Gasteiger partial charge >= 0.3 is 0 Å². The molecule has 486 valence electrons. The zero-order valence-corrected chi connectivity index (χ0v) is 54.7. The highest BCUT2D eigenvalue weighted by molar-refractivity contribution is 6.35. The maximum atomic E-state index is 9.88. The number of rotatable bonds is 13. The predicted molar refractivity (Wildman–Crippen MR) is 361 cm³/mol. The van der Waals surface area contributed by atoms with Gasteiger partial charge < -0.3 is 69.6 Å². The van der Waals surface area contributed by atoms with Crippen LogP contribution in [0.4, 0.5) is 29.2 Å². The van der Waals surface area contributed by atoms with E-state index in [0.29, 0.717) is 91.3 Å². The molecule has 3 atom stereocenters. The van der Waals surface area contributed by atoms with E-state index in [1.54, 1.807) is 94.3 Å². The van der Waals surface area contributed by atoms with Crippen molar-refractivity contribution >= 4 is 96.7 Å². The van der Waals surface area contributed by atoms with Crippen LogP contribution in [0, 0.1) is 47.8 Å². The third-order valence-electron chi connectivity index (χ3n) is 15.9. The molecule has 94 heavy (non-hydrogen) atoms. The number of aromatic nitrogens is 10. The fourth-order valence-corrected chi connectivity index (χ4v) is 11.6. The smallest absolute Gasteiger partial charge is 0.230 e. The van der Waals surface area contributed by atoms with Crippen LogP contribution < -0.4 is 45.1 Å². The number of nitrogens with one attached hydrogen (secondary N) is 2. The second-order valence-corrected chi connectivity index (χ2v) is 22.8. The average Bonchev–Trinajstić information content (AvgIpc) is 1.34. The van der Waals surface area contributed by atoms with Crippen molar-refractivity contribution in [3.8, 4) is 52.6 Å². The molecule has 13 rings (SSSR count). The summed E-state index contributed by atoms with van der Waals surface area (Å²) in [5.41, 5.74) is 13.1. The Bertz CT molecular complexity index is 4410. The molecule has 8 heterocycles. The Balaban J connectivity index is 0.000000151. The molecule has 5 aromatic carbocycles. The number of methoxy groups -OCH3 is 4. The highest BCUT2D eigenvalue weighted by Gasteiger charge is 2.29. The largest absolute Gasteiger partial charge is 0.496 e. The van der Waals surface area contributed by atoms with Gasteiger partial charge in [0, 0.05) is 53.5 Å². The Hall–Kier alpha value is -9.88. The maximum absolute atomic E-state index is 9.88. The number of nitriles is 3. The number of nitrogens with two attached hydrogens (primary N) is 1. The van der Waals surface area contributed by atoms with Gasteiger partial charge in [-0.05, 0) is 154 Å². The number of nitrogen functional groups attached to an aromatic ring is 1. The number of imidazole rings is 2. The van der Waals surface area contributed by atoms with Crippen molar-refractivity contribution in [2.24, 2.45) is 0 Å². The Morgan fingerprint density at radius 1 is 0.585 bits per heavy atom. The topological polar surface area (TPSA) is 339 Å². The van der Waals surface area contributed by atoms with Gasteiger partial charge in [0.1, 0.15) is 41.0 Å². The SMILES string of the molecule is COc1cc(-n2cnc(N)c2)cc(OC)c1OC.COc1cc(-n2cnc(Nc3nc(N4CCC[C@H]4CO)c4ccc(C#N)cc4n3)c2)cc(C)c1C.N#Cc1ccc2c(Cl)nc(Cl)nc2c1.N#Cc1ccc2c(N3CCC[C@H]3CO)nc(Cl)nc2c1.OC[C@@H]1CCCN1. The van der Waals surface area contributed by atoms with Crippen molar-refractivity contribution < 1.29 is 34.3 Å². The number of aryl methyl sites for hydroxylation is 1. The molecule has 7 N–H and O–H groups in total. The van der Waals surface area contributed by atoms with Gasteiger partial charge in [0.2, 0.25) is 22.3 Å². The van der Waals surface area contributed by atoms with E-state index in [0.717, 1.165) is 102 Å². The molecule has 25 nitrogen and oxygen atoms in total. The fourth-order valence-electron chi connectivity index (χ4n) is 11.0. The van der Waals surface area contributed by atoms with Crippen LogP contribution in [0.5, 0.6) is 23.0 Å². The lowest BCUT2D eigenvalue weighted by molar-refractivity contribution is 0.255. The first-order valence-corrected chi connectivity index (χ1v) is 31.0. The van der Waals surface area contributed by atoms with E-state index < -0.39 is 0 Å². The van der Waals surface area contributed by atoms with Crippen LogP contribution in [-0.4, -0.2) is 150 Å². The molecule has 0 unspecified atom stereocenters. The van der Waals surface area contributed by atoms with Gasteiger partial charge in [0.25, 0.3) is 0 Å². The number of ether oxygens (including phenoxy) is 4. The lowest BCUT2D eigenvalue weighted by atomic mass is 10.1. The number of hydrogen-bond acceptors (Lipinski definition) is 23. The van der Waals surface area contributed by atoms with E-state index in [4.69, 9.17) is 80.1 Å². The van der Waals surface area contributed by atoms with Crippen molar-refractivity contribution in [1.82, 2.24) is 54.3 Å². The van der Waals surface area contributed by atoms with Crippen LogP contribution in [0.3, 0.4) is 0 Å². The number of halogens is 3. The molecule has 10 aromatic rings. The zero-order chi connectivity index (χ0) is 67.0. The Labute approximate surface area is 557 Å². The zero-order valence-electron chi connectivity index (χ0n) is 52.4. The van der Waals surface area contributed by atoms with Crippen LogP contribution >= 0.6 is 34.8 Å². The summed E-state index contributed by atoms with van der Waals surface area (Å²) in [5, 5.41) is 64.2. The van der Waals surface area contributed by atoms with Gasteiger partial charge in [-0.2, -0.15) is 25.8 Å². The first kappa shape index (κ1) is 68.5. The molecule has 0 saturated carbocycles. The lowest BCUT2D eigenvalue weighted by Crippen LogP contribution is -2.33. The van der Waals surface area contributed by atoms with E-state index in [1.165, 1.54) is 6.42 Å². The third kappa shape index (κ3) is 16.3. The summed E-state index contributed by atoms with van der Waals surface area (Å²) in [5.74, 6) is 5.44. The number of nitrogens with zero attached hydrogens (tertiary/aromatic N) is 15. The second kappa shape index (κ2) is 32.1. The summed E-state index contributed by atoms with van der Waals surface area (Å²) in [7, 11) is 6.38. The van der Waals surface area contributed by atoms with Crippen molar-refractivity contribution in [2.45, 2.75) is 70.5 Å². The molecule has 0 amide bonds. The predicted octanol–water partition coefficient (Wildman–Crippen LogP) is 10.2. The van der Waals surface area contributed by atoms with Crippen molar-refractivity contribution in [2.75, 3.05) is 88.7 Å². The minimum Gasteiger partial charge on any atom is -0.496 e. The fraction of sp³-hybridized carbons (Fsp3) is 0.318. The van der Waals surface area contributed by atoms with E-state index in [2.05, 4.69) is 80.4 Å². The number of aliphatic hydroxyl groups is 3. The van der Waals surface area contributed by atoms with Gasteiger partial charge in [-0.15, -0.1) is 0 Å². The van der Waals surface area contributed by atoms with Crippen molar-refractivity contribution in [1.29, 1.82) is 15.8 Å². The Morgan fingerprint density at radius 3 is 1.60 bits per heavy atom. The molecule has 0 radical (unpaired) electrons. The van der Waals surface area contributed by atoms with Crippen LogP contribution in [0.1, 0.15) is 66.3 Å². The summed E-state index contributed by atoms with van der Waals surface area (Å²) >= 11 is 17.5. The number of fused-ring (bicyclic) bond motifs is 3. The molecule has 3 fully saturated rings. The summed E-state index contributed by atoms with van der Waals surface area (Å²) in [4.78, 5) is 38.4. The molecule has 0 bridgehead atoms. The average molecular weight is 1330 g/mol. The minimum atomic E-state index is 0.00978. The van der Waals surface area contributed by atoms with Crippen LogP contribution in [0.15, 0.2) is 104 Å². The molecule has 3 aliphatic heterocycles. The first-order valence-electron chi connectivity index (χ1n) is 29.8. The highest BCUT2D eigenvalue weighted by atomic mass is 35.5. The third-order valence-corrected chi connectivity index (χ3v) is 16.6. The quantitative estimate of drug-likeness (QED) is 0.0461. The summed E-state index contributed by atoms with van der Waals surface area (Å²) in [6, 6.07) is 30.1. The second-order valence-electron chi connectivity index (χ2n) is 21.8. The van der Waals surface area contributed by atoms with Crippen LogP contribution in [-0.2, 0) is 0 Å². The van der Waals surface area contributed by atoms with Crippen molar-refractivity contribution in [3.05, 3.63) is 147 Å². The van der Waals surface area contributed by atoms with Gasteiger partial charge in [0.05, 0.1) is 136 Å². The summed E-state index contributed by atoms with van der Waals surface area (Å²) < 4.78 is 25.0. The normalized spacial score (nSPS) is 15.4. The molecular weight excluding hydrogens is 1260 g/mol. The van der Waals surface area contributed by atoms with Gasteiger partial charge in [-0.25, -0.2) is 29.9 Å². The van der Waals surface area contributed by atoms with Gasteiger partial charge in [-0.3, -0.25) is 0 Å². The molecule has 3 saturated heterocycles. The Morgan fingerprint density at radius 2 is 1.10 bits per heavy atom. The molecule has 5 aromatic heterocycles. The highest BCUT2D eigenvalue weighted by Crippen LogP contribution is 2.40. The van der Waals surface area contributed by atoms with E-state index in [9.17, 15) is 15.5 Å². The lowest BCUT2D eigenvalue weighted by Gasteiger charge is -2.25. The Kier molecular flexibility index (Phi) is 23.4. The minimum absolute atomic E-state index is 0.00978. The van der Waals surface area contributed by atoms with Crippen LogP contribution in [0.25, 0.3) is 44.1 Å². The molecular formula is C66H69Cl3N18O7. The van der Waals surface area contributed by atoms with Crippen LogP contribution in [0.2, 0.25) is 15.7 Å². The molecule has 0 spiro atoms. The van der Waals surface area contributed by atoms with E-state index in [1.807, 2.05) is 54.1 Å². The molecule has 28 heteroatoms. The maximum Gasteiger partial charge on any atom is 0.230 e. The van der Waals surface area contributed by atoms with E-state index >= 15 is 0 Å². The number of hydrogen-bond donors (Lipinski definition) is 6.